The Balaban J connectivity index is 2.18. The van der Waals surface area contributed by atoms with Crippen LogP contribution in [0.2, 0.25) is 0 Å². The molecule has 0 saturated carbocycles. The van der Waals surface area contributed by atoms with E-state index >= 15 is 0 Å². The largest absolute Gasteiger partial charge is 0.394 e. The molecule has 2 unspecified atom stereocenters. The van der Waals surface area contributed by atoms with Crippen LogP contribution in [0.15, 0.2) is 0 Å². The van der Waals surface area contributed by atoms with Crippen LogP contribution < -0.4 is 5.32 Å². The van der Waals surface area contributed by atoms with Crippen molar-refractivity contribution >= 4 is 0 Å². The summed E-state index contributed by atoms with van der Waals surface area (Å²) >= 11 is 0. The van der Waals surface area contributed by atoms with E-state index in [4.69, 9.17) is 0 Å². The standard InChI is InChI=1S/C17H36N2O/c1-14(2)16-8-11-19(12-16)10-7-6-9-17(5,13-20)18-15(3)4/h14-16,18,20H,6-13H2,1-5H3. The summed E-state index contributed by atoms with van der Waals surface area (Å²) in [5, 5.41) is 13.1. The average Bonchev–Trinajstić information content (AvgIpc) is 2.83. The monoisotopic (exact) mass is 284 g/mol. The number of likely N-dealkylation sites (tertiary alicyclic amines) is 1. The maximum absolute atomic E-state index is 9.57. The van der Waals surface area contributed by atoms with Crippen molar-refractivity contribution in [2.45, 2.75) is 71.9 Å². The van der Waals surface area contributed by atoms with Gasteiger partial charge in [0.05, 0.1) is 6.61 Å². The Morgan fingerprint density at radius 1 is 1.25 bits per heavy atom. The first kappa shape index (κ1) is 17.9. The van der Waals surface area contributed by atoms with Crippen LogP contribution in [0.1, 0.15) is 60.3 Å². The highest BCUT2D eigenvalue weighted by atomic mass is 16.3. The molecule has 0 amide bonds. The van der Waals surface area contributed by atoms with Gasteiger partial charge in [-0.15, -0.1) is 0 Å². The molecule has 0 aromatic carbocycles. The summed E-state index contributed by atoms with van der Waals surface area (Å²) in [4.78, 5) is 2.62. The third kappa shape index (κ3) is 6.11. The summed E-state index contributed by atoms with van der Waals surface area (Å²) in [5.41, 5.74) is -0.111. The molecule has 120 valence electrons. The molecule has 20 heavy (non-hydrogen) atoms. The number of hydrogen-bond donors (Lipinski definition) is 2. The highest BCUT2D eigenvalue weighted by molar-refractivity contribution is 4.84. The number of rotatable bonds is 9. The molecule has 0 aromatic heterocycles. The summed E-state index contributed by atoms with van der Waals surface area (Å²) in [7, 11) is 0. The summed E-state index contributed by atoms with van der Waals surface area (Å²) in [5.74, 6) is 1.73. The summed E-state index contributed by atoms with van der Waals surface area (Å²) in [6.07, 6.45) is 4.88. The first-order valence-corrected chi connectivity index (χ1v) is 8.47. The second-order valence-electron chi connectivity index (χ2n) is 7.57. The highest BCUT2D eigenvalue weighted by Crippen LogP contribution is 2.24. The molecule has 2 atom stereocenters. The topological polar surface area (TPSA) is 35.5 Å². The van der Waals surface area contributed by atoms with Crippen LogP contribution in [0.25, 0.3) is 0 Å². The lowest BCUT2D eigenvalue weighted by atomic mass is 9.94. The lowest BCUT2D eigenvalue weighted by Crippen LogP contribution is -2.49. The molecule has 1 saturated heterocycles. The van der Waals surface area contributed by atoms with E-state index in [-0.39, 0.29) is 12.1 Å². The quantitative estimate of drug-likeness (QED) is 0.639. The van der Waals surface area contributed by atoms with Crippen LogP contribution in [0.5, 0.6) is 0 Å². The molecule has 0 aliphatic carbocycles. The molecule has 3 heteroatoms. The minimum atomic E-state index is -0.111. The van der Waals surface area contributed by atoms with Crippen molar-refractivity contribution < 1.29 is 5.11 Å². The first-order chi connectivity index (χ1) is 9.36. The smallest absolute Gasteiger partial charge is 0.0610 e. The van der Waals surface area contributed by atoms with Crippen LogP contribution in [0, 0.1) is 11.8 Å². The number of aliphatic hydroxyl groups is 1. The van der Waals surface area contributed by atoms with Crippen molar-refractivity contribution in [1.82, 2.24) is 10.2 Å². The molecule has 0 aromatic rings. The Kier molecular flexibility index (Phi) is 7.49. The molecule has 1 heterocycles. The van der Waals surface area contributed by atoms with Crippen molar-refractivity contribution in [2.24, 2.45) is 11.8 Å². The predicted octanol–water partition coefficient (Wildman–Crippen LogP) is 2.88. The third-order valence-corrected chi connectivity index (χ3v) is 4.69. The summed E-state index contributed by atoms with van der Waals surface area (Å²) in [6.45, 7) is 15.1. The van der Waals surface area contributed by atoms with E-state index in [1.807, 2.05) is 0 Å². The van der Waals surface area contributed by atoms with E-state index in [0.717, 1.165) is 18.3 Å². The van der Waals surface area contributed by atoms with Gasteiger partial charge in [0.25, 0.3) is 0 Å². The first-order valence-electron chi connectivity index (χ1n) is 8.47. The van der Waals surface area contributed by atoms with Gasteiger partial charge in [-0.25, -0.2) is 0 Å². The number of aliphatic hydroxyl groups excluding tert-OH is 1. The fraction of sp³-hybridized carbons (Fsp3) is 1.00. The van der Waals surface area contributed by atoms with Crippen molar-refractivity contribution in [3.8, 4) is 0 Å². The number of unbranched alkanes of at least 4 members (excludes halogenated alkanes) is 1. The minimum absolute atomic E-state index is 0.111. The normalized spacial score (nSPS) is 23.7. The molecule has 2 N–H and O–H groups in total. The second kappa shape index (κ2) is 8.35. The molecular weight excluding hydrogens is 248 g/mol. The Morgan fingerprint density at radius 2 is 1.95 bits per heavy atom. The molecule has 1 rings (SSSR count). The van der Waals surface area contributed by atoms with Gasteiger partial charge in [-0.2, -0.15) is 0 Å². The van der Waals surface area contributed by atoms with Gasteiger partial charge in [-0.3, -0.25) is 0 Å². The van der Waals surface area contributed by atoms with Crippen molar-refractivity contribution in [3.63, 3.8) is 0 Å². The molecular formula is C17H36N2O. The van der Waals surface area contributed by atoms with Crippen LogP contribution >= 0.6 is 0 Å². The zero-order valence-corrected chi connectivity index (χ0v) is 14.3. The van der Waals surface area contributed by atoms with Gasteiger partial charge in [0.1, 0.15) is 0 Å². The summed E-state index contributed by atoms with van der Waals surface area (Å²) < 4.78 is 0. The highest BCUT2D eigenvalue weighted by Gasteiger charge is 2.25. The Hall–Kier alpha value is -0.120. The van der Waals surface area contributed by atoms with E-state index in [1.165, 1.54) is 38.9 Å². The van der Waals surface area contributed by atoms with Crippen molar-refractivity contribution in [3.05, 3.63) is 0 Å². The maximum atomic E-state index is 9.57. The van der Waals surface area contributed by atoms with Crippen LogP contribution in [0.4, 0.5) is 0 Å². The van der Waals surface area contributed by atoms with Gasteiger partial charge in [-0.1, -0.05) is 34.1 Å². The Labute approximate surface area is 126 Å². The van der Waals surface area contributed by atoms with Crippen LogP contribution in [-0.4, -0.2) is 47.8 Å². The van der Waals surface area contributed by atoms with Gasteiger partial charge in [0.15, 0.2) is 0 Å². The molecule has 3 nitrogen and oxygen atoms in total. The van der Waals surface area contributed by atoms with Gasteiger partial charge >= 0.3 is 0 Å². The lowest BCUT2D eigenvalue weighted by Gasteiger charge is -2.31. The summed E-state index contributed by atoms with van der Waals surface area (Å²) in [6, 6.07) is 0.428. The Morgan fingerprint density at radius 3 is 2.45 bits per heavy atom. The van der Waals surface area contributed by atoms with Crippen molar-refractivity contribution in [2.75, 3.05) is 26.2 Å². The second-order valence-corrected chi connectivity index (χ2v) is 7.57. The number of nitrogens with zero attached hydrogens (tertiary/aromatic N) is 1. The van der Waals surface area contributed by atoms with E-state index in [0.29, 0.717) is 6.04 Å². The molecule has 0 spiro atoms. The third-order valence-electron chi connectivity index (χ3n) is 4.69. The Bertz CT molecular complexity index is 268. The molecule has 1 aliphatic heterocycles. The SMILES string of the molecule is CC(C)NC(C)(CO)CCCCN1CCC(C(C)C)C1. The van der Waals surface area contributed by atoms with E-state index < -0.39 is 0 Å². The van der Waals surface area contributed by atoms with Gasteiger partial charge < -0.3 is 15.3 Å². The van der Waals surface area contributed by atoms with E-state index in [9.17, 15) is 5.11 Å². The van der Waals surface area contributed by atoms with E-state index in [2.05, 4.69) is 44.8 Å². The van der Waals surface area contributed by atoms with E-state index in [1.54, 1.807) is 0 Å². The fourth-order valence-corrected chi connectivity index (χ4v) is 3.35. The average molecular weight is 284 g/mol. The zero-order chi connectivity index (χ0) is 15.2. The van der Waals surface area contributed by atoms with Gasteiger partial charge in [0.2, 0.25) is 0 Å². The van der Waals surface area contributed by atoms with Gasteiger partial charge in [-0.05, 0) is 51.1 Å². The molecule has 1 aliphatic rings. The lowest BCUT2D eigenvalue weighted by molar-refractivity contribution is 0.152. The van der Waals surface area contributed by atoms with Crippen LogP contribution in [0.3, 0.4) is 0 Å². The molecule has 1 fully saturated rings. The van der Waals surface area contributed by atoms with Gasteiger partial charge in [0, 0.05) is 18.1 Å². The molecule has 0 radical (unpaired) electrons. The van der Waals surface area contributed by atoms with Crippen molar-refractivity contribution in [1.29, 1.82) is 0 Å². The maximum Gasteiger partial charge on any atom is 0.0610 e. The molecule has 0 bridgehead atoms. The predicted molar refractivity (Wildman–Crippen MR) is 87.0 cm³/mol. The number of nitrogens with one attached hydrogen (secondary N) is 1. The minimum Gasteiger partial charge on any atom is -0.394 e. The zero-order valence-electron chi connectivity index (χ0n) is 14.3. The fourth-order valence-electron chi connectivity index (χ4n) is 3.35. The van der Waals surface area contributed by atoms with Crippen LogP contribution in [-0.2, 0) is 0 Å². The number of hydrogen-bond acceptors (Lipinski definition) is 3.